The molecule has 15 heavy (non-hydrogen) atoms. The zero-order valence-corrected chi connectivity index (χ0v) is 8.94. The summed E-state index contributed by atoms with van der Waals surface area (Å²) in [5, 5.41) is 1.68. The topological polar surface area (TPSA) is 80.5 Å². The maximum Gasteiger partial charge on any atom is 0.340 e. The Kier molecular flexibility index (Phi) is 3.46. The summed E-state index contributed by atoms with van der Waals surface area (Å²) in [6, 6.07) is 1.52. The molecular formula is C9H14N4O2. The van der Waals surface area contributed by atoms with Gasteiger partial charge in [-0.25, -0.2) is 14.8 Å². The third kappa shape index (κ3) is 2.57. The van der Waals surface area contributed by atoms with Crippen molar-refractivity contribution in [3.63, 3.8) is 0 Å². The molecule has 0 radical (unpaired) electrons. The molecule has 0 saturated heterocycles. The highest BCUT2D eigenvalue weighted by molar-refractivity contribution is 5.97. The van der Waals surface area contributed by atoms with E-state index < -0.39 is 5.97 Å². The molecule has 6 nitrogen and oxygen atoms in total. The van der Waals surface area contributed by atoms with Crippen LogP contribution in [0.5, 0.6) is 0 Å². The van der Waals surface area contributed by atoms with Gasteiger partial charge < -0.3 is 15.9 Å². The van der Waals surface area contributed by atoms with Gasteiger partial charge in [-0.1, -0.05) is 0 Å². The Hall–Kier alpha value is -1.82. The molecule has 3 N–H and O–H groups in total. The van der Waals surface area contributed by atoms with Gasteiger partial charge in [0.25, 0.3) is 0 Å². The van der Waals surface area contributed by atoms with Crippen LogP contribution in [0.4, 0.5) is 11.5 Å². The van der Waals surface area contributed by atoms with Gasteiger partial charge in [0, 0.05) is 20.3 Å². The molecule has 0 unspecified atom stereocenters. The van der Waals surface area contributed by atoms with Crippen molar-refractivity contribution in [3.05, 3.63) is 17.8 Å². The van der Waals surface area contributed by atoms with Gasteiger partial charge in [-0.2, -0.15) is 0 Å². The van der Waals surface area contributed by atoms with Gasteiger partial charge in [-0.05, 0) is 6.07 Å². The van der Waals surface area contributed by atoms with E-state index in [-0.39, 0.29) is 5.69 Å². The third-order valence-electron chi connectivity index (χ3n) is 1.72. The second-order valence-electron chi connectivity index (χ2n) is 3.12. The van der Waals surface area contributed by atoms with Crippen molar-refractivity contribution in [1.29, 1.82) is 0 Å². The largest absolute Gasteiger partial charge is 0.465 e. The van der Waals surface area contributed by atoms with Gasteiger partial charge in [0.2, 0.25) is 0 Å². The van der Waals surface area contributed by atoms with Crippen molar-refractivity contribution < 1.29 is 9.53 Å². The van der Waals surface area contributed by atoms with Gasteiger partial charge in [0.05, 0.1) is 18.4 Å². The number of hydrogen-bond acceptors (Lipinski definition) is 6. The average molecular weight is 210 g/mol. The van der Waals surface area contributed by atoms with E-state index in [1.54, 1.807) is 19.1 Å². The van der Waals surface area contributed by atoms with Crippen LogP contribution in [0.25, 0.3) is 0 Å². The molecule has 0 aromatic carbocycles. The fourth-order valence-corrected chi connectivity index (χ4v) is 1.06. The Bertz CT molecular complexity index is 365. The van der Waals surface area contributed by atoms with Crippen molar-refractivity contribution in [2.75, 3.05) is 32.4 Å². The number of rotatable bonds is 3. The van der Waals surface area contributed by atoms with E-state index in [1.807, 2.05) is 0 Å². The first-order valence-electron chi connectivity index (χ1n) is 4.33. The number of nitrogens with one attached hydrogen (secondary N) is 1. The molecule has 0 aliphatic carbocycles. The predicted octanol–water partition coefficient (Wildman–Crippen LogP) is 0.339. The molecule has 0 bridgehead atoms. The Balaban J connectivity index is 3.05. The second-order valence-corrected chi connectivity index (χ2v) is 3.12. The number of methoxy groups -OCH3 is 1. The summed E-state index contributed by atoms with van der Waals surface area (Å²) in [6.45, 7) is 0. The number of aromatic nitrogens is 1. The molecule has 1 heterocycles. The van der Waals surface area contributed by atoms with E-state index in [0.717, 1.165) is 0 Å². The third-order valence-corrected chi connectivity index (χ3v) is 1.72. The molecule has 0 aliphatic rings. The van der Waals surface area contributed by atoms with Crippen LogP contribution in [0, 0.1) is 0 Å². The molecule has 0 aliphatic heterocycles. The maximum atomic E-state index is 11.3. The molecule has 0 fully saturated rings. The first-order valence-corrected chi connectivity index (χ1v) is 4.33. The minimum absolute atomic E-state index is 0.276. The summed E-state index contributed by atoms with van der Waals surface area (Å²) in [5.41, 5.74) is 9.22. The van der Waals surface area contributed by atoms with Crippen LogP contribution >= 0.6 is 0 Å². The Morgan fingerprint density at radius 3 is 2.80 bits per heavy atom. The lowest BCUT2D eigenvalue weighted by Gasteiger charge is -2.15. The molecule has 0 spiro atoms. The normalized spacial score (nSPS) is 10.1. The predicted molar refractivity (Wildman–Crippen MR) is 57.3 cm³/mol. The summed E-state index contributed by atoms with van der Waals surface area (Å²) < 4.78 is 4.59. The maximum absolute atomic E-state index is 11.3. The van der Waals surface area contributed by atoms with Crippen LogP contribution in [-0.4, -0.2) is 37.2 Å². The highest BCUT2D eigenvalue weighted by Gasteiger charge is 2.13. The number of nitrogens with two attached hydrogens (primary N) is 1. The monoisotopic (exact) mass is 210 g/mol. The number of hydrogen-bond donors (Lipinski definition) is 2. The van der Waals surface area contributed by atoms with Crippen molar-refractivity contribution >= 4 is 17.5 Å². The number of nitrogen functional groups attached to an aromatic ring is 1. The minimum Gasteiger partial charge on any atom is -0.465 e. The van der Waals surface area contributed by atoms with Crippen molar-refractivity contribution in [2.24, 2.45) is 0 Å². The zero-order valence-electron chi connectivity index (χ0n) is 8.94. The van der Waals surface area contributed by atoms with E-state index in [4.69, 9.17) is 5.73 Å². The van der Waals surface area contributed by atoms with E-state index >= 15 is 0 Å². The molecule has 1 rings (SSSR count). The zero-order chi connectivity index (χ0) is 11.4. The number of nitrogens with zero attached hydrogens (tertiary/aromatic N) is 2. The van der Waals surface area contributed by atoms with Crippen LogP contribution in [0.2, 0.25) is 0 Å². The van der Waals surface area contributed by atoms with E-state index in [2.05, 4.69) is 15.1 Å². The quantitative estimate of drug-likeness (QED) is 0.553. The van der Waals surface area contributed by atoms with E-state index in [0.29, 0.717) is 11.4 Å². The number of esters is 1. The van der Waals surface area contributed by atoms with Gasteiger partial charge >= 0.3 is 5.97 Å². The fourth-order valence-electron chi connectivity index (χ4n) is 1.06. The summed E-state index contributed by atoms with van der Waals surface area (Å²) >= 11 is 0. The van der Waals surface area contributed by atoms with Crippen molar-refractivity contribution in [1.82, 2.24) is 9.99 Å². The van der Waals surface area contributed by atoms with Gasteiger partial charge in [-0.3, -0.25) is 0 Å². The summed E-state index contributed by atoms with van der Waals surface area (Å²) in [4.78, 5) is 15.3. The Morgan fingerprint density at radius 2 is 2.27 bits per heavy atom. The number of carbonyl (C=O) groups is 1. The Labute approximate surface area is 88.0 Å². The van der Waals surface area contributed by atoms with Crippen LogP contribution < -0.4 is 11.2 Å². The lowest BCUT2D eigenvalue weighted by Crippen LogP contribution is -2.22. The second kappa shape index (κ2) is 4.61. The average Bonchev–Trinajstić information content (AvgIpc) is 2.19. The Morgan fingerprint density at radius 1 is 1.60 bits per heavy atom. The minimum atomic E-state index is -0.475. The number of carbonyl (C=O) groups excluding carboxylic acids is 1. The number of pyridine rings is 1. The molecule has 82 valence electrons. The summed E-state index contributed by atoms with van der Waals surface area (Å²) in [6.07, 6.45) is 1.49. The molecule has 1 aromatic heterocycles. The van der Waals surface area contributed by atoms with Gasteiger partial charge in [-0.15, -0.1) is 0 Å². The molecular weight excluding hydrogens is 196 g/mol. The number of anilines is 2. The number of ether oxygens (including phenoxy) is 1. The van der Waals surface area contributed by atoms with Crippen LogP contribution in [0.1, 0.15) is 10.4 Å². The van der Waals surface area contributed by atoms with Gasteiger partial charge in [0.1, 0.15) is 0 Å². The molecule has 0 amide bonds. The first kappa shape index (κ1) is 11.3. The summed E-state index contributed by atoms with van der Waals surface area (Å²) in [7, 11) is 4.90. The number of hydrazine groups is 1. The molecule has 0 atom stereocenters. The highest BCUT2D eigenvalue weighted by atomic mass is 16.5. The lowest BCUT2D eigenvalue weighted by atomic mass is 10.2. The van der Waals surface area contributed by atoms with E-state index in [1.165, 1.54) is 19.4 Å². The first-order chi connectivity index (χ1) is 7.06. The van der Waals surface area contributed by atoms with Crippen LogP contribution in [0.15, 0.2) is 12.3 Å². The molecule has 0 saturated carbocycles. The highest BCUT2D eigenvalue weighted by Crippen LogP contribution is 2.20. The van der Waals surface area contributed by atoms with Crippen molar-refractivity contribution in [2.45, 2.75) is 0 Å². The van der Waals surface area contributed by atoms with Crippen LogP contribution in [-0.2, 0) is 4.74 Å². The lowest BCUT2D eigenvalue weighted by molar-refractivity contribution is 0.0602. The van der Waals surface area contributed by atoms with E-state index in [9.17, 15) is 4.79 Å². The molecule has 1 aromatic rings. The van der Waals surface area contributed by atoms with Crippen molar-refractivity contribution in [3.8, 4) is 0 Å². The fraction of sp³-hybridized carbons (Fsp3) is 0.333. The molecule has 6 heteroatoms. The van der Waals surface area contributed by atoms with Gasteiger partial charge in [0.15, 0.2) is 5.82 Å². The SMILES string of the molecule is COC(=O)c1ccnc(NN(C)C)c1N. The van der Waals surface area contributed by atoms with Crippen LogP contribution in [0.3, 0.4) is 0 Å². The standard InChI is InChI=1S/C9H14N4O2/c1-13(2)12-8-7(10)6(4-5-11-8)9(14)15-3/h4-5H,10H2,1-3H3,(H,11,12). The summed E-state index contributed by atoms with van der Waals surface area (Å²) in [5.74, 6) is -0.0420. The smallest absolute Gasteiger partial charge is 0.340 e.